The SMILES string of the molecule is CN1CCCC1(CO)COc1nc(N2C[C@H]3CC[C@@H](C2)N3)c2cnc(-c3cccc4ccccc34)c(F)c2n1.O=C(O)C(F)(F)F.O=C(O)C(F)(F)F. The van der Waals surface area contributed by atoms with E-state index in [4.69, 9.17) is 29.5 Å². The van der Waals surface area contributed by atoms with Gasteiger partial charge < -0.3 is 30.3 Å². The number of nitrogens with one attached hydrogen (secondary N) is 1. The molecule has 3 atom stereocenters. The summed E-state index contributed by atoms with van der Waals surface area (Å²) in [4.78, 5) is 36.2. The Labute approximate surface area is 297 Å². The second-order valence-corrected chi connectivity index (χ2v) is 12.9. The van der Waals surface area contributed by atoms with E-state index >= 15 is 4.39 Å². The molecular weight excluding hydrogens is 721 g/mol. The zero-order valence-corrected chi connectivity index (χ0v) is 28.1. The molecule has 1 unspecified atom stereocenters. The first-order valence-corrected chi connectivity index (χ1v) is 16.3. The van der Waals surface area contributed by atoms with Gasteiger partial charge in [-0.25, -0.2) is 14.0 Å². The average molecular weight is 757 g/mol. The molecule has 2 aromatic heterocycles. The van der Waals surface area contributed by atoms with Gasteiger partial charge in [-0.2, -0.15) is 36.3 Å². The number of halogens is 7. The number of likely N-dealkylation sites (tertiary alicyclic amines) is 1. The molecule has 53 heavy (non-hydrogen) atoms. The number of carboxylic acids is 2. The van der Waals surface area contributed by atoms with Gasteiger partial charge in [0.25, 0.3) is 0 Å². The molecule has 0 amide bonds. The molecule has 0 radical (unpaired) electrons. The zero-order valence-electron chi connectivity index (χ0n) is 28.1. The first-order chi connectivity index (χ1) is 24.9. The third-order valence-corrected chi connectivity index (χ3v) is 9.40. The van der Waals surface area contributed by atoms with Crippen LogP contribution < -0.4 is 15.0 Å². The lowest BCUT2D eigenvalue weighted by Crippen LogP contribution is -2.51. The number of ether oxygens (including phenoxy) is 1. The Morgan fingerprint density at radius 2 is 1.55 bits per heavy atom. The molecule has 19 heteroatoms. The Bertz CT molecular complexity index is 1920. The smallest absolute Gasteiger partial charge is 0.475 e. The van der Waals surface area contributed by atoms with E-state index in [1.807, 2.05) is 49.5 Å². The number of rotatable bonds is 6. The minimum absolute atomic E-state index is 0.0192. The van der Waals surface area contributed by atoms with Crippen molar-refractivity contribution in [1.29, 1.82) is 0 Å². The van der Waals surface area contributed by atoms with Crippen LogP contribution in [-0.2, 0) is 9.59 Å². The van der Waals surface area contributed by atoms with E-state index in [-0.39, 0.29) is 30.4 Å². The van der Waals surface area contributed by atoms with Crippen LogP contribution in [0.1, 0.15) is 25.7 Å². The highest BCUT2D eigenvalue weighted by molar-refractivity contribution is 5.99. The van der Waals surface area contributed by atoms with Gasteiger partial charge in [0.1, 0.15) is 23.6 Å². The van der Waals surface area contributed by atoms with Gasteiger partial charge in [0, 0.05) is 36.9 Å². The Hall–Kier alpha value is -4.88. The summed E-state index contributed by atoms with van der Waals surface area (Å²) < 4.78 is 86.1. The number of carbonyl (C=O) groups is 2. The third-order valence-electron chi connectivity index (χ3n) is 9.40. The molecule has 3 saturated heterocycles. The lowest BCUT2D eigenvalue weighted by molar-refractivity contribution is -0.193. The number of aromatic nitrogens is 3. The maximum absolute atomic E-state index is 16.4. The van der Waals surface area contributed by atoms with E-state index in [1.165, 1.54) is 0 Å². The Balaban J connectivity index is 0.000000330. The van der Waals surface area contributed by atoms with E-state index in [1.54, 1.807) is 6.20 Å². The summed E-state index contributed by atoms with van der Waals surface area (Å²) in [6, 6.07) is 14.7. The van der Waals surface area contributed by atoms with Gasteiger partial charge in [-0.3, -0.25) is 9.88 Å². The Morgan fingerprint density at radius 1 is 0.943 bits per heavy atom. The van der Waals surface area contributed by atoms with Crippen LogP contribution in [0.4, 0.5) is 36.6 Å². The van der Waals surface area contributed by atoms with Gasteiger partial charge in [-0.15, -0.1) is 0 Å². The van der Waals surface area contributed by atoms with Gasteiger partial charge in [0.15, 0.2) is 5.82 Å². The fraction of sp³-hybridized carbons (Fsp3) is 0.441. The van der Waals surface area contributed by atoms with E-state index in [0.29, 0.717) is 23.3 Å². The maximum Gasteiger partial charge on any atom is 0.490 e. The topological polar surface area (TPSA) is 161 Å². The van der Waals surface area contributed by atoms with Crippen molar-refractivity contribution < 1.29 is 60.4 Å². The molecule has 5 heterocycles. The zero-order chi connectivity index (χ0) is 38.7. The van der Waals surface area contributed by atoms with Crippen molar-refractivity contribution in [3.63, 3.8) is 0 Å². The van der Waals surface area contributed by atoms with Crippen LogP contribution in [0, 0.1) is 5.82 Å². The molecule has 286 valence electrons. The summed E-state index contributed by atoms with van der Waals surface area (Å²) in [5.41, 5.74) is 0.703. The number of hydrogen-bond acceptors (Lipinski definition) is 10. The quantitative estimate of drug-likeness (QED) is 0.195. The van der Waals surface area contributed by atoms with Crippen molar-refractivity contribution in [2.75, 3.05) is 44.8 Å². The number of fused-ring (bicyclic) bond motifs is 4. The highest BCUT2D eigenvalue weighted by atomic mass is 19.4. The number of likely N-dealkylation sites (N-methyl/N-ethyl adjacent to an activating group) is 1. The predicted molar refractivity (Wildman–Crippen MR) is 177 cm³/mol. The van der Waals surface area contributed by atoms with Gasteiger partial charge in [0.05, 0.1) is 17.5 Å². The van der Waals surface area contributed by atoms with Crippen molar-refractivity contribution in [3.8, 4) is 17.3 Å². The number of alkyl halides is 6. The number of pyridine rings is 1. The molecule has 3 aliphatic heterocycles. The van der Waals surface area contributed by atoms with Gasteiger partial charge in [0.2, 0.25) is 0 Å². The second kappa shape index (κ2) is 15.6. The van der Waals surface area contributed by atoms with Crippen molar-refractivity contribution in [2.24, 2.45) is 0 Å². The van der Waals surface area contributed by atoms with Crippen LogP contribution in [0.3, 0.4) is 0 Å². The summed E-state index contributed by atoms with van der Waals surface area (Å²) in [5, 5.41) is 30.7. The average Bonchev–Trinajstić information content (AvgIpc) is 3.66. The summed E-state index contributed by atoms with van der Waals surface area (Å²) >= 11 is 0. The summed E-state index contributed by atoms with van der Waals surface area (Å²) in [7, 11) is 2.00. The second-order valence-electron chi connectivity index (χ2n) is 12.9. The highest BCUT2D eigenvalue weighted by Gasteiger charge is 2.41. The fourth-order valence-corrected chi connectivity index (χ4v) is 6.62. The van der Waals surface area contributed by atoms with Gasteiger partial charge in [-0.1, -0.05) is 42.5 Å². The minimum Gasteiger partial charge on any atom is -0.475 e. The lowest BCUT2D eigenvalue weighted by atomic mass is 9.99. The van der Waals surface area contributed by atoms with Crippen LogP contribution in [-0.4, -0.2) is 117 Å². The first-order valence-electron chi connectivity index (χ1n) is 16.3. The number of aliphatic hydroxyl groups is 1. The summed E-state index contributed by atoms with van der Waals surface area (Å²) in [6.07, 6.45) is -4.40. The highest BCUT2D eigenvalue weighted by Crippen LogP contribution is 2.36. The van der Waals surface area contributed by atoms with E-state index < -0.39 is 35.6 Å². The van der Waals surface area contributed by atoms with Crippen LogP contribution >= 0.6 is 0 Å². The molecule has 2 aromatic carbocycles. The Kier molecular flexibility index (Phi) is 11.6. The number of piperazine rings is 1. The van der Waals surface area contributed by atoms with E-state index in [9.17, 15) is 31.4 Å². The number of aliphatic carboxylic acids is 2. The van der Waals surface area contributed by atoms with Crippen molar-refractivity contribution >= 4 is 39.4 Å². The lowest BCUT2D eigenvalue weighted by Gasteiger charge is -2.35. The molecule has 2 bridgehead atoms. The first kappa shape index (κ1) is 39.3. The third kappa shape index (κ3) is 8.85. The number of carboxylic acid groups (broad SMARTS) is 2. The molecule has 3 aliphatic rings. The molecule has 3 fully saturated rings. The van der Waals surface area contributed by atoms with E-state index in [2.05, 4.69) is 25.1 Å². The molecule has 4 N–H and O–H groups in total. The molecule has 12 nitrogen and oxygen atoms in total. The monoisotopic (exact) mass is 756 g/mol. The molecule has 0 aliphatic carbocycles. The molecule has 7 rings (SSSR count). The molecule has 0 saturated carbocycles. The Morgan fingerprint density at radius 3 is 2.11 bits per heavy atom. The van der Waals surface area contributed by atoms with Crippen LogP contribution in [0.2, 0.25) is 0 Å². The van der Waals surface area contributed by atoms with E-state index in [0.717, 1.165) is 61.7 Å². The summed E-state index contributed by atoms with van der Waals surface area (Å²) in [6.45, 7) is 2.69. The molecule has 4 aromatic rings. The van der Waals surface area contributed by atoms with Crippen LogP contribution in [0.5, 0.6) is 6.01 Å². The van der Waals surface area contributed by atoms with Crippen molar-refractivity contribution in [2.45, 2.75) is 55.7 Å². The number of hydrogen-bond donors (Lipinski definition) is 4. The number of aliphatic hydroxyl groups excluding tert-OH is 1. The van der Waals surface area contributed by atoms with Crippen LogP contribution in [0.15, 0.2) is 48.7 Å². The fourth-order valence-electron chi connectivity index (χ4n) is 6.62. The number of nitrogens with zero attached hydrogens (tertiary/aromatic N) is 5. The van der Waals surface area contributed by atoms with Gasteiger partial charge in [-0.05, 0) is 50.0 Å². The van der Waals surface area contributed by atoms with Crippen molar-refractivity contribution in [3.05, 3.63) is 54.5 Å². The standard InChI is InChI=1S/C30H33FN6O2.2C2HF3O2/c1-36-13-5-12-30(36,17-38)18-39-29-34-27-24(28(35-29)37-15-20-10-11-21(16-37)33-20)14-32-26(25(27)31)23-9-4-7-19-6-2-3-8-22(19)23;2*3-2(4,5)1(6)7/h2-4,6-9,14,20-21,33,38H,5,10-13,15-18H2,1H3;2*(H,6,7)/t20-,21+,30?;;. The van der Waals surface area contributed by atoms with Crippen LogP contribution in [0.25, 0.3) is 32.9 Å². The summed E-state index contributed by atoms with van der Waals surface area (Å²) in [5.74, 6) is -5.34. The molecule has 0 spiro atoms. The van der Waals surface area contributed by atoms with Gasteiger partial charge >= 0.3 is 30.3 Å². The maximum atomic E-state index is 16.4. The number of anilines is 1. The van der Waals surface area contributed by atoms with Crippen molar-refractivity contribution in [1.82, 2.24) is 25.2 Å². The molecular formula is C34H35F7N6O6. The number of benzene rings is 2. The normalized spacial score (nSPS) is 21.5. The minimum atomic E-state index is -5.08. The predicted octanol–water partition coefficient (Wildman–Crippen LogP) is 5.03. The largest absolute Gasteiger partial charge is 0.490 e.